The highest BCUT2D eigenvalue weighted by molar-refractivity contribution is 7.09. The van der Waals surface area contributed by atoms with E-state index < -0.39 is 0 Å². The molecule has 1 saturated heterocycles. The van der Waals surface area contributed by atoms with Crippen molar-refractivity contribution in [3.05, 3.63) is 16.6 Å². The molecular formula is C16H29N3S. The molecule has 1 fully saturated rings. The van der Waals surface area contributed by atoms with Gasteiger partial charge in [-0.2, -0.15) is 0 Å². The number of piperazine rings is 1. The maximum atomic E-state index is 4.53. The van der Waals surface area contributed by atoms with Crippen molar-refractivity contribution >= 4 is 11.3 Å². The molecule has 0 radical (unpaired) electrons. The second-order valence-electron chi connectivity index (χ2n) is 7.38. The van der Waals surface area contributed by atoms with E-state index in [1.54, 1.807) is 11.3 Å². The first-order chi connectivity index (χ1) is 9.30. The highest BCUT2D eigenvalue weighted by Gasteiger charge is 2.37. The van der Waals surface area contributed by atoms with Crippen LogP contribution in [0.4, 0.5) is 0 Å². The molecule has 4 heteroatoms. The van der Waals surface area contributed by atoms with Crippen LogP contribution in [0, 0.1) is 11.3 Å². The largest absolute Gasteiger partial charge is 0.311 e. The Kier molecular flexibility index (Phi) is 4.88. The summed E-state index contributed by atoms with van der Waals surface area (Å²) in [5, 5.41) is 7.09. The maximum Gasteiger partial charge on any atom is 0.109 e. The first-order valence-electron chi connectivity index (χ1n) is 7.69. The number of rotatable bonds is 3. The molecule has 1 aliphatic rings. The molecule has 1 aromatic heterocycles. The van der Waals surface area contributed by atoms with Gasteiger partial charge in [-0.1, -0.05) is 34.6 Å². The van der Waals surface area contributed by atoms with Gasteiger partial charge in [-0.05, 0) is 18.3 Å². The molecule has 114 valence electrons. The van der Waals surface area contributed by atoms with Crippen LogP contribution in [0.15, 0.2) is 11.6 Å². The number of aromatic nitrogens is 1. The average molecular weight is 295 g/mol. The van der Waals surface area contributed by atoms with E-state index in [2.05, 4.69) is 62.1 Å². The Morgan fingerprint density at radius 3 is 2.55 bits per heavy atom. The van der Waals surface area contributed by atoms with E-state index in [0.717, 1.165) is 13.1 Å². The Morgan fingerprint density at radius 1 is 1.35 bits per heavy atom. The summed E-state index contributed by atoms with van der Waals surface area (Å²) in [6, 6.07) is 1.54. The summed E-state index contributed by atoms with van der Waals surface area (Å²) in [5.41, 5.74) is 0.294. The van der Waals surface area contributed by atoms with Crippen LogP contribution < -0.4 is 5.32 Å². The van der Waals surface area contributed by atoms with E-state index >= 15 is 0 Å². The van der Waals surface area contributed by atoms with E-state index in [0.29, 0.717) is 29.5 Å². The molecular weight excluding hydrogens is 266 g/mol. The van der Waals surface area contributed by atoms with Crippen LogP contribution in [0.3, 0.4) is 0 Å². The van der Waals surface area contributed by atoms with Gasteiger partial charge < -0.3 is 5.32 Å². The predicted octanol–water partition coefficient (Wildman–Crippen LogP) is 3.55. The van der Waals surface area contributed by atoms with E-state index in [1.807, 2.05) is 6.20 Å². The lowest BCUT2D eigenvalue weighted by molar-refractivity contribution is 0.0339. The summed E-state index contributed by atoms with van der Waals surface area (Å²) < 4.78 is 0. The van der Waals surface area contributed by atoms with Gasteiger partial charge in [0.15, 0.2) is 0 Å². The van der Waals surface area contributed by atoms with Gasteiger partial charge in [-0.25, -0.2) is 4.98 Å². The zero-order chi connectivity index (χ0) is 14.9. The second-order valence-corrected chi connectivity index (χ2v) is 8.31. The van der Waals surface area contributed by atoms with Gasteiger partial charge >= 0.3 is 0 Å². The quantitative estimate of drug-likeness (QED) is 0.924. The third-order valence-corrected chi connectivity index (χ3v) is 5.46. The van der Waals surface area contributed by atoms with Gasteiger partial charge in [-0.15, -0.1) is 11.3 Å². The summed E-state index contributed by atoms with van der Waals surface area (Å²) in [6.07, 6.45) is 1.92. The van der Waals surface area contributed by atoms with Gasteiger partial charge in [0.2, 0.25) is 0 Å². The predicted molar refractivity (Wildman–Crippen MR) is 87.1 cm³/mol. The smallest absolute Gasteiger partial charge is 0.109 e. The normalized spacial score (nSPS) is 26.9. The van der Waals surface area contributed by atoms with Crippen LogP contribution in [0.2, 0.25) is 0 Å². The van der Waals surface area contributed by atoms with E-state index in [4.69, 9.17) is 0 Å². The number of nitrogens with one attached hydrogen (secondary N) is 1. The fourth-order valence-corrected chi connectivity index (χ4v) is 3.73. The van der Waals surface area contributed by atoms with Crippen LogP contribution in [0.25, 0.3) is 0 Å². The summed E-state index contributed by atoms with van der Waals surface area (Å²) in [4.78, 5) is 7.19. The molecule has 1 aliphatic heterocycles. The minimum Gasteiger partial charge on any atom is -0.311 e. The Balaban J connectivity index is 2.19. The molecule has 3 nitrogen and oxygen atoms in total. The molecule has 1 N–H and O–H groups in total. The zero-order valence-corrected chi connectivity index (χ0v) is 14.5. The van der Waals surface area contributed by atoms with Crippen LogP contribution in [0.5, 0.6) is 0 Å². The maximum absolute atomic E-state index is 4.53. The molecule has 2 heterocycles. The van der Waals surface area contributed by atoms with Crippen molar-refractivity contribution in [2.45, 2.75) is 59.7 Å². The lowest BCUT2D eigenvalue weighted by Crippen LogP contribution is -2.61. The van der Waals surface area contributed by atoms with E-state index in [-0.39, 0.29) is 0 Å². The molecule has 1 aromatic rings. The molecule has 0 bridgehead atoms. The number of nitrogens with zero attached hydrogens (tertiary/aromatic N) is 2. The topological polar surface area (TPSA) is 28.2 Å². The van der Waals surface area contributed by atoms with E-state index in [9.17, 15) is 0 Å². The molecule has 3 unspecified atom stereocenters. The molecule has 0 spiro atoms. The zero-order valence-electron chi connectivity index (χ0n) is 13.7. The molecule has 0 aliphatic carbocycles. The third kappa shape index (κ3) is 3.41. The highest BCUT2D eigenvalue weighted by Crippen LogP contribution is 2.32. The fourth-order valence-electron chi connectivity index (χ4n) is 3.02. The number of thiazole rings is 1. The SMILES string of the molecule is CC(C)C1CNC(C(C)(C)C)CN1C(C)c1nccs1. The van der Waals surface area contributed by atoms with Gasteiger partial charge in [0.05, 0.1) is 6.04 Å². The number of hydrogen-bond donors (Lipinski definition) is 1. The monoisotopic (exact) mass is 295 g/mol. The first kappa shape index (κ1) is 15.9. The Hall–Kier alpha value is -0.450. The second kappa shape index (κ2) is 6.12. The Labute approximate surface area is 127 Å². The van der Waals surface area contributed by atoms with Crippen molar-refractivity contribution in [3.63, 3.8) is 0 Å². The molecule has 3 atom stereocenters. The molecule has 20 heavy (non-hydrogen) atoms. The average Bonchev–Trinajstić information content (AvgIpc) is 2.89. The summed E-state index contributed by atoms with van der Waals surface area (Å²) in [7, 11) is 0. The van der Waals surface area contributed by atoms with Crippen LogP contribution in [-0.4, -0.2) is 35.1 Å². The standard InChI is InChI=1S/C16H29N3S/c1-11(2)13-9-18-14(16(4,5)6)10-19(13)12(3)15-17-7-8-20-15/h7-8,11-14,18H,9-10H2,1-6H3. The lowest BCUT2D eigenvalue weighted by Gasteiger charge is -2.48. The van der Waals surface area contributed by atoms with Gasteiger partial charge in [0.25, 0.3) is 0 Å². The first-order valence-corrected chi connectivity index (χ1v) is 8.57. The number of hydrogen-bond acceptors (Lipinski definition) is 4. The van der Waals surface area contributed by atoms with Crippen molar-refractivity contribution in [2.24, 2.45) is 11.3 Å². The van der Waals surface area contributed by atoms with E-state index in [1.165, 1.54) is 5.01 Å². The van der Waals surface area contributed by atoms with Gasteiger partial charge in [0, 0.05) is 36.8 Å². The summed E-state index contributed by atoms with van der Waals surface area (Å²) in [5.74, 6) is 0.658. The molecule has 0 saturated carbocycles. The third-order valence-electron chi connectivity index (χ3n) is 4.51. The van der Waals surface area contributed by atoms with Crippen LogP contribution in [0.1, 0.15) is 52.6 Å². The highest BCUT2D eigenvalue weighted by atomic mass is 32.1. The van der Waals surface area contributed by atoms with Crippen molar-refractivity contribution < 1.29 is 0 Å². The minimum absolute atomic E-state index is 0.294. The fraction of sp³-hybridized carbons (Fsp3) is 0.812. The Morgan fingerprint density at radius 2 is 2.05 bits per heavy atom. The van der Waals surface area contributed by atoms with Crippen LogP contribution >= 0.6 is 11.3 Å². The molecule has 0 aromatic carbocycles. The molecule has 0 amide bonds. The van der Waals surface area contributed by atoms with Gasteiger partial charge in [-0.3, -0.25) is 4.90 Å². The molecule has 2 rings (SSSR count). The van der Waals surface area contributed by atoms with Crippen molar-refractivity contribution in [1.82, 2.24) is 15.2 Å². The summed E-state index contributed by atoms with van der Waals surface area (Å²) >= 11 is 1.77. The lowest BCUT2D eigenvalue weighted by atomic mass is 9.83. The summed E-state index contributed by atoms with van der Waals surface area (Å²) in [6.45, 7) is 16.1. The van der Waals surface area contributed by atoms with Crippen molar-refractivity contribution in [1.29, 1.82) is 0 Å². The minimum atomic E-state index is 0.294. The Bertz CT molecular complexity index is 408. The van der Waals surface area contributed by atoms with Crippen molar-refractivity contribution in [2.75, 3.05) is 13.1 Å². The van der Waals surface area contributed by atoms with Crippen molar-refractivity contribution in [3.8, 4) is 0 Å². The van der Waals surface area contributed by atoms with Gasteiger partial charge in [0.1, 0.15) is 5.01 Å². The van der Waals surface area contributed by atoms with Crippen LogP contribution in [-0.2, 0) is 0 Å².